The van der Waals surface area contributed by atoms with Gasteiger partial charge in [-0.15, -0.1) is 30.6 Å². The lowest BCUT2D eigenvalue weighted by molar-refractivity contribution is 0.607. The van der Waals surface area contributed by atoms with E-state index in [1.54, 1.807) is 19.2 Å². The fourth-order valence-corrected chi connectivity index (χ4v) is 2.23. The quantitative estimate of drug-likeness (QED) is 0.222. The Labute approximate surface area is 147 Å². The van der Waals surface area contributed by atoms with Crippen LogP contribution in [0.15, 0.2) is 41.9 Å². The molecule has 2 N–H and O–H groups in total. The van der Waals surface area contributed by atoms with Gasteiger partial charge in [-0.25, -0.2) is 4.39 Å². The lowest BCUT2D eigenvalue weighted by atomic mass is 10.1. The zero-order valence-corrected chi connectivity index (χ0v) is 15.4. The number of thioether (sulfide) groups is 1. The van der Waals surface area contributed by atoms with Crippen molar-refractivity contribution in [2.75, 3.05) is 31.6 Å². The van der Waals surface area contributed by atoms with Crippen molar-refractivity contribution in [1.82, 2.24) is 10.6 Å². The number of nitrogens with one attached hydrogen (secondary N) is 2. The molecular formula is C15H23FIN3S. The Morgan fingerprint density at radius 3 is 2.71 bits per heavy atom. The summed E-state index contributed by atoms with van der Waals surface area (Å²) in [6.45, 7) is 5.18. The number of halogens is 2. The Kier molecular flexibility index (Phi) is 12.5. The van der Waals surface area contributed by atoms with Gasteiger partial charge < -0.3 is 10.6 Å². The Balaban J connectivity index is 0.00000400. The Hall–Kier alpha value is -0.760. The van der Waals surface area contributed by atoms with Crippen LogP contribution < -0.4 is 10.6 Å². The maximum atomic E-state index is 13.4. The fraction of sp³-hybridized carbons (Fsp3) is 0.400. The summed E-state index contributed by atoms with van der Waals surface area (Å²) in [5.41, 5.74) is 0.719. The van der Waals surface area contributed by atoms with Crippen molar-refractivity contribution in [1.29, 1.82) is 0 Å². The van der Waals surface area contributed by atoms with E-state index in [2.05, 4.69) is 22.2 Å². The molecule has 0 aliphatic carbocycles. The first-order chi connectivity index (χ1) is 9.77. The van der Waals surface area contributed by atoms with E-state index in [4.69, 9.17) is 0 Å². The second-order valence-electron chi connectivity index (χ2n) is 4.13. The first-order valence-corrected chi connectivity index (χ1v) is 7.80. The van der Waals surface area contributed by atoms with Crippen molar-refractivity contribution >= 4 is 41.7 Å². The predicted octanol–water partition coefficient (Wildman–Crippen LogP) is 3.07. The Morgan fingerprint density at radius 2 is 2.05 bits per heavy atom. The van der Waals surface area contributed by atoms with E-state index in [1.807, 2.05) is 23.9 Å². The number of nitrogens with zero attached hydrogens (tertiary/aromatic N) is 1. The van der Waals surface area contributed by atoms with Gasteiger partial charge in [-0.05, 0) is 18.1 Å². The molecule has 21 heavy (non-hydrogen) atoms. The van der Waals surface area contributed by atoms with Crippen molar-refractivity contribution in [3.05, 3.63) is 48.3 Å². The van der Waals surface area contributed by atoms with Crippen molar-refractivity contribution in [2.24, 2.45) is 4.99 Å². The number of hydrogen-bond acceptors (Lipinski definition) is 2. The lowest BCUT2D eigenvalue weighted by Crippen LogP contribution is -2.39. The maximum Gasteiger partial charge on any atom is 0.191 e. The third-order valence-corrected chi connectivity index (χ3v) is 3.61. The maximum absolute atomic E-state index is 13.4. The molecule has 1 rings (SSSR count). The van der Waals surface area contributed by atoms with Crippen molar-refractivity contribution in [3.63, 3.8) is 0 Å². The van der Waals surface area contributed by atoms with Gasteiger partial charge in [-0.2, -0.15) is 11.8 Å². The van der Waals surface area contributed by atoms with Crippen LogP contribution in [0.3, 0.4) is 0 Å². The number of guanidine groups is 1. The molecular weight excluding hydrogens is 400 g/mol. The van der Waals surface area contributed by atoms with Crippen molar-refractivity contribution in [3.8, 4) is 0 Å². The van der Waals surface area contributed by atoms with Crippen LogP contribution in [0.1, 0.15) is 5.56 Å². The van der Waals surface area contributed by atoms with Crippen LogP contribution in [0.5, 0.6) is 0 Å². The van der Waals surface area contributed by atoms with Crippen LogP contribution in [0.25, 0.3) is 0 Å². The molecule has 0 aliphatic heterocycles. The van der Waals surface area contributed by atoms with Crippen LogP contribution in [0, 0.1) is 5.82 Å². The summed E-state index contributed by atoms with van der Waals surface area (Å²) in [5.74, 6) is 2.56. The highest BCUT2D eigenvalue weighted by Gasteiger charge is 2.01. The van der Waals surface area contributed by atoms with Gasteiger partial charge in [-0.3, -0.25) is 4.99 Å². The normalized spacial score (nSPS) is 10.7. The molecule has 0 radical (unpaired) electrons. The Bertz CT molecular complexity index is 441. The van der Waals surface area contributed by atoms with Gasteiger partial charge in [-0.1, -0.05) is 24.3 Å². The molecule has 1 aromatic rings. The Morgan fingerprint density at radius 1 is 1.33 bits per heavy atom. The second kappa shape index (κ2) is 12.9. The highest BCUT2D eigenvalue weighted by atomic mass is 127. The molecule has 0 saturated carbocycles. The fourth-order valence-electron chi connectivity index (χ4n) is 1.65. The molecule has 0 amide bonds. The van der Waals surface area contributed by atoms with E-state index in [0.29, 0.717) is 13.0 Å². The molecule has 118 valence electrons. The molecule has 0 spiro atoms. The van der Waals surface area contributed by atoms with Crippen LogP contribution in [0.4, 0.5) is 4.39 Å². The summed E-state index contributed by atoms with van der Waals surface area (Å²) < 4.78 is 13.4. The minimum absolute atomic E-state index is 0. The molecule has 0 unspecified atom stereocenters. The lowest BCUT2D eigenvalue weighted by Gasteiger charge is -2.11. The van der Waals surface area contributed by atoms with Gasteiger partial charge in [0.2, 0.25) is 0 Å². The van der Waals surface area contributed by atoms with E-state index < -0.39 is 0 Å². The van der Waals surface area contributed by atoms with Gasteiger partial charge in [0.25, 0.3) is 0 Å². The van der Waals surface area contributed by atoms with Crippen LogP contribution in [-0.2, 0) is 6.42 Å². The number of rotatable bonds is 8. The van der Waals surface area contributed by atoms with Gasteiger partial charge in [0.1, 0.15) is 5.82 Å². The average molecular weight is 423 g/mol. The van der Waals surface area contributed by atoms with Crippen LogP contribution >= 0.6 is 35.7 Å². The molecule has 0 atom stereocenters. The first-order valence-electron chi connectivity index (χ1n) is 6.64. The predicted molar refractivity (Wildman–Crippen MR) is 102 cm³/mol. The zero-order valence-electron chi connectivity index (χ0n) is 12.3. The van der Waals surface area contributed by atoms with E-state index in [1.165, 1.54) is 6.07 Å². The largest absolute Gasteiger partial charge is 0.356 e. The molecule has 0 fully saturated rings. The summed E-state index contributed by atoms with van der Waals surface area (Å²) in [6, 6.07) is 6.84. The standard InChI is InChI=1S/C15H22FN3S.HI/c1-3-11-20-12-10-19-15(17-2)18-9-8-13-6-4-5-7-14(13)16;/h3-7H,1,8-12H2,2H3,(H2,17,18,19);1H. The van der Waals surface area contributed by atoms with E-state index >= 15 is 0 Å². The smallest absolute Gasteiger partial charge is 0.191 e. The third-order valence-electron chi connectivity index (χ3n) is 2.64. The zero-order chi connectivity index (χ0) is 14.6. The van der Waals surface area contributed by atoms with E-state index in [-0.39, 0.29) is 29.8 Å². The second-order valence-corrected chi connectivity index (χ2v) is 5.28. The summed E-state index contributed by atoms with van der Waals surface area (Å²) in [6.07, 6.45) is 2.53. The molecule has 0 aliphatic rings. The van der Waals surface area contributed by atoms with Gasteiger partial charge in [0.15, 0.2) is 5.96 Å². The number of hydrogen-bond donors (Lipinski definition) is 2. The minimum atomic E-state index is -0.155. The molecule has 0 saturated heterocycles. The minimum Gasteiger partial charge on any atom is -0.356 e. The van der Waals surface area contributed by atoms with Gasteiger partial charge in [0.05, 0.1) is 0 Å². The molecule has 0 aromatic heterocycles. The van der Waals surface area contributed by atoms with Gasteiger partial charge >= 0.3 is 0 Å². The number of benzene rings is 1. The monoisotopic (exact) mass is 423 g/mol. The molecule has 6 heteroatoms. The van der Waals surface area contributed by atoms with Crippen LogP contribution in [-0.4, -0.2) is 37.6 Å². The van der Waals surface area contributed by atoms with Gasteiger partial charge in [0, 0.05) is 31.6 Å². The molecule has 1 aromatic carbocycles. The SMILES string of the molecule is C=CCSCCNC(=NC)NCCc1ccccc1F.I. The van der Waals surface area contributed by atoms with E-state index in [0.717, 1.165) is 29.6 Å². The van der Waals surface area contributed by atoms with Crippen molar-refractivity contribution in [2.45, 2.75) is 6.42 Å². The first kappa shape index (κ1) is 20.2. The number of aliphatic imine (C=N–C) groups is 1. The summed E-state index contributed by atoms with van der Waals surface area (Å²) in [5, 5.41) is 6.40. The molecule has 3 nitrogen and oxygen atoms in total. The molecule has 0 heterocycles. The highest BCUT2D eigenvalue weighted by Crippen LogP contribution is 2.06. The third kappa shape index (κ3) is 8.98. The summed E-state index contributed by atoms with van der Waals surface area (Å²) in [7, 11) is 1.73. The highest BCUT2D eigenvalue weighted by molar-refractivity contribution is 14.0. The molecule has 0 bridgehead atoms. The summed E-state index contributed by atoms with van der Waals surface area (Å²) >= 11 is 1.82. The van der Waals surface area contributed by atoms with Crippen LogP contribution in [0.2, 0.25) is 0 Å². The van der Waals surface area contributed by atoms with Crippen molar-refractivity contribution < 1.29 is 4.39 Å². The summed E-state index contributed by atoms with van der Waals surface area (Å²) in [4.78, 5) is 4.13. The topological polar surface area (TPSA) is 36.4 Å². The van der Waals surface area contributed by atoms with E-state index in [9.17, 15) is 4.39 Å². The average Bonchev–Trinajstić information content (AvgIpc) is 2.47.